The first-order valence-corrected chi connectivity index (χ1v) is 7.00. The molecular weight excluding hydrogens is 335 g/mol. The predicted octanol–water partition coefficient (Wildman–Crippen LogP) is 3.72. The van der Waals surface area contributed by atoms with Crippen LogP contribution in [0.3, 0.4) is 0 Å². The van der Waals surface area contributed by atoms with Gasteiger partial charge in [0, 0.05) is 11.3 Å². The minimum absolute atomic E-state index is 0.0209. The summed E-state index contributed by atoms with van der Waals surface area (Å²) in [7, 11) is 0. The van der Waals surface area contributed by atoms with E-state index in [-0.39, 0.29) is 27.4 Å². The summed E-state index contributed by atoms with van der Waals surface area (Å²) >= 11 is 5.86. The fourth-order valence-corrected chi connectivity index (χ4v) is 2.09. The van der Waals surface area contributed by atoms with Crippen LogP contribution in [0.15, 0.2) is 48.0 Å². The first-order chi connectivity index (χ1) is 11.4. The monoisotopic (exact) mass is 344 g/mol. The lowest BCUT2D eigenvalue weighted by molar-refractivity contribution is -0.112. The number of halogens is 2. The number of carbonyl (C=O) groups is 2. The van der Waals surface area contributed by atoms with E-state index in [2.05, 4.69) is 5.32 Å². The average molecular weight is 345 g/mol. The summed E-state index contributed by atoms with van der Waals surface area (Å²) < 4.78 is 13.7. The largest absolute Gasteiger partial charge is 0.478 e. The number of benzene rings is 2. The van der Waals surface area contributed by atoms with Crippen molar-refractivity contribution in [1.29, 1.82) is 5.26 Å². The van der Waals surface area contributed by atoms with Gasteiger partial charge in [-0.3, -0.25) is 4.79 Å². The van der Waals surface area contributed by atoms with Crippen LogP contribution in [-0.2, 0) is 4.79 Å². The van der Waals surface area contributed by atoms with Crippen LogP contribution >= 0.6 is 11.6 Å². The van der Waals surface area contributed by atoms with Gasteiger partial charge in [-0.25, -0.2) is 9.18 Å². The maximum atomic E-state index is 13.7. The second kappa shape index (κ2) is 7.40. The average Bonchev–Trinajstić information content (AvgIpc) is 2.54. The number of amides is 1. The molecule has 0 spiro atoms. The van der Waals surface area contributed by atoms with Gasteiger partial charge in [-0.05, 0) is 36.4 Å². The number of hydrogen-bond donors (Lipinski definition) is 2. The summed E-state index contributed by atoms with van der Waals surface area (Å²) in [5, 5.41) is 20.5. The SMILES string of the molecule is N#C/C(=C/c1c(F)cccc1Cl)C(=O)Nc1cccc(C(=O)O)c1. The summed E-state index contributed by atoms with van der Waals surface area (Å²) in [5.74, 6) is -2.63. The Morgan fingerprint density at radius 2 is 1.96 bits per heavy atom. The highest BCUT2D eigenvalue weighted by atomic mass is 35.5. The maximum Gasteiger partial charge on any atom is 0.335 e. The van der Waals surface area contributed by atoms with Crippen LogP contribution in [0.2, 0.25) is 5.02 Å². The molecule has 2 rings (SSSR count). The zero-order valence-corrected chi connectivity index (χ0v) is 12.8. The summed E-state index contributed by atoms with van der Waals surface area (Å²) in [6, 6.07) is 11.2. The molecule has 0 aromatic heterocycles. The molecule has 0 aliphatic rings. The van der Waals surface area contributed by atoms with Gasteiger partial charge in [-0.1, -0.05) is 23.7 Å². The zero-order chi connectivity index (χ0) is 17.7. The highest BCUT2D eigenvalue weighted by Crippen LogP contribution is 2.22. The molecule has 2 aromatic carbocycles. The molecule has 7 heteroatoms. The minimum Gasteiger partial charge on any atom is -0.478 e. The van der Waals surface area contributed by atoms with Gasteiger partial charge in [0.15, 0.2) is 0 Å². The van der Waals surface area contributed by atoms with Gasteiger partial charge < -0.3 is 10.4 Å². The summed E-state index contributed by atoms with van der Waals surface area (Å²) in [6.07, 6.45) is 1.04. The topological polar surface area (TPSA) is 90.2 Å². The van der Waals surface area contributed by atoms with Crippen molar-refractivity contribution in [2.24, 2.45) is 0 Å². The number of nitrogens with one attached hydrogen (secondary N) is 1. The molecular formula is C17H10ClFN2O3. The Kier molecular flexibility index (Phi) is 5.30. The molecule has 2 N–H and O–H groups in total. The van der Waals surface area contributed by atoms with Gasteiger partial charge in [0.2, 0.25) is 0 Å². The van der Waals surface area contributed by atoms with Crippen LogP contribution in [-0.4, -0.2) is 17.0 Å². The molecule has 120 valence electrons. The molecule has 24 heavy (non-hydrogen) atoms. The quantitative estimate of drug-likeness (QED) is 0.653. The molecule has 0 bridgehead atoms. The van der Waals surface area contributed by atoms with Gasteiger partial charge in [0.25, 0.3) is 5.91 Å². The lowest BCUT2D eigenvalue weighted by Gasteiger charge is -2.06. The van der Waals surface area contributed by atoms with Crippen LogP contribution in [0.4, 0.5) is 10.1 Å². The number of hydrogen-bond acceptors (Lipinski definition) is 3. The standard InChI is InChI=1S/C17H10ClFN2O3/c18-14-5-2-6-15(19)13(14)8-11(9-20)16(22)21-12-4-1-3-10(7-12)17(23)24/h1-8H,(H,21,22)(H,23,24)/b11-8-. The number of rotatable bonds is 4. The molecule has 0 aliphatic heterocycles. The van der Waals surface area contributed by atoms with Gasteiger partial charge in [0.1, 0.15) is 17.5 Å². The Balaban J connectivity index is 2.30. The van der Waals surface area contributed by atoms with E-state index in [1.165, 1.54) is 36.4 Å². The third kappa shape index (κ3) is 3.97. The molecule has 0 fully saturated rings. The molecule has 5 nitrogen and oxygen atoms in total. The van der Waals surface area contributed by atoms with E-state index in [0.29, 0.717) is 0 Å². The highest BCUT2D eigenvalue weighted by Gasteiger charge is 2.13. The molecule has 0 unspecified atom stereocenters. The Morgan fingerprint density at radius 3 is 2.58 bits per heavy atom. The molecule has 0 heterocycles. The smallest absolute Gasteiger partial charge is 0.335 e. The first kappa shape index (κ1) is 17.2. The molecule has 1 amide bonds. The van der Waals surface area contributed by atoms with E-state index < -0.39 is 17.7 Å². The van der Waals surface area contributed by atoms with Gasteiger partial charge in [0.05, 0.1) is 10.6 Å². The molecule has 0 aliphatic carbocycles. The van der Waals surface area contributed by atoms with E-state index in [1.807, 2.05) is 0 Å². The van der Waals surface area contributed by atoms with Crippen molar-refractivity contribution in [3.63, 3.8) is 0 Å². The van der Waals surface area contributed by atoms with Gasteiger partial charge in [-0.15, -0.1) is 0 Å². The van der Waals surface area contributed by atoms with Crippen molar-refractivity contribution >= 4 is 35.2 Å². The Labute approximate surface area is 141 Å². The normalized spacial score (nSPS) is 10.8. The van der Waals surface area contributed by atoms with Crippen molar-refractivity contribution in [3.8, 4) is 6.07 Å². The minimum atomic E-state index is -1.15. The second-order valence-electron chi connectivity index (χ2n) is 4.65. The molecule has 0 saturated carbocycles. The van der Waals surface area contributed by atoms with Crippen LogP contribution in [0, 0.1) is 17.1 Å². The Bertz CT molecular complexity index is 867. The van der Waals surface area contributed by atoms with Crippen molar-refractivity contribution in [2.75, 3.05) is 5.32 Å². The number of carboxylic acids is 1. The van der Waals surface area contributed by atoms with E-state index in [4.69, 9.17) is 22.0 Å². The number of carbonyl (C=O) groups excluding carboxylic acids is 1. The summed E-state index contributed by atoms with van der Waals surface area (Å²) in [5.41, 5.74) is -0.277. The lowest BCUT2D eigenvalue weighted by Crippen LogP contribution is -2.14. The molecule has 0 radical (unpaired) electrons. The Hall–Kier alpha value is -3.17. The fourth-order valence-electron chi connectivity index (χ4n) is 1.87. The van der Waals surface area contributed by atoms with Crippen LogP contribution in [0.5, 0.6) is 0 Å². The van der Waals surface area contributed by atoms with Crippen LogP contribution < -0.4 is 5.32 Å². The van der Waals surface area contributed by atoms with Gasteiger partial charge >= 0.3 is 5.97 Å². The zero-order valence-electron chi connectivity index (χ0n) is 12.1. The number of nitrogens with zero attached hydrogens (tertiary/aromatic N) is 1. The number of nitriles is 1. The van der Waals surface area contributed by atoms with E-state index >= 15 is 0 Å². The highest BCUT2D eigenvalue weighted by molar-refractivity contribution is 6.32. The van der Waals surface area contributed by atoms with E-state index in [9.17, 15) is 14.0 Å². The summed E-state index contributed by atoms with van der Waals surface area (Å²) in [4.78, 5) is 23.0. The Morgan fingerprint density at radius 1 is 1.25 bits per heavy atom. The van der Waals surface area contributed by atoms with Crippen molar-refractivity contribution < 1.29 is 19.1 Å². The second-order valence-corrected chi connectivity index (χ2v) is 5.05. The molecule has 0 saturated heterocycles. The van der Waals surface area contributed by atoms with E-state index in [0.717, 1.165) is 12.1 Å². The van der Waals surface area contributed by atoms with Crippen LogP contribution in [0.25, 0.3) is 6.08 Å². The number of anilines is 1. The third-order valence-corrected chi connectivity index (χ3v) is 3.35. The predicted molar refractivity (Wildman–Crippen MR) is 87.0 cm³/mol. The summed E-state index contributed by atoms with van der Waals surface area (Å²) in [6.45, 7) is 0. The fraction of sp³-hybridized carbons (Fsp3) is 0. The molecule has 2 aromatic rings. The maximum absolute atomic E-state index is 13.7. The van der Waals surface area contributed by atoms with Crippen molar-refractivity contribution in [2.45, 2.75) is 0 Å². The van der Waals surface area contributed by atoms with Crippen LogP contribution in [0.1, 0.15) is 15.9 Å². The number of aromatic carboxylic acids is 1. The van der Waals surface area contributed by atoms with E-state index in [1.54, 1.807) is 6.07 Å². The number of carboxylic acid groups (broad SMARTS) is 1. The third-order valence-electron chi connectivity index (χ3n) is 3.02. The van der Waals surface area contributed by atoms with Crippen molar-refractivity contribution in [1.82, 2.24) is 0 Å². The first-order valence-electron chi connectivity index (χ1n) is 6.63. The lowest BCUT2D eigenvalue weighted by atomic mass is 10.1. The molecule has 0 atom stereocenters. The van der Waals surface area contributed by atoms with Gasteiger partial charge in [-0.2, -0.15) is 5.26 Å². The van der Waals surface area contributed by atoms with Crippen molar-refractivity contribution in [3.05, 3.63) is 70.0 Å².